The predicted octanol–water partition coefficient (Wildman–Crippen LogP) is 1.66. The molecule has 0 aromatic carbocycles. The fourth-order valence-electron chi connectivity index (χ4n) is 0.879. The molecule has 0 radical (unpaired) electrons. The Hall–Kier alpha value is -0.830. The second kappa shape index (κ2) is 9.26. The van der Waals surface area contributed by atoms with Gasteiger partial charge in [-0.15, -0.1) is 0 Å². The van der Waals surface area contributed by atoms with Crippen LogP contribution in [0.15, 0.2) is 12.2 Å². The quantitative estimate of drug-likeness (QED) is 0.373. The van der Waals surface area contributed by atoms with Crippen molar-refractivity contribution in [3.05, 3.63) is 12.2 Å². The van der Waals surface area contributed by atoms with E-state index >= 15 is 0 Å². The van der Waals surface area contributed by atoms with Gasteiger partial charge in [-0.2, -0.15) is 0 Å². The zero-order chi connectivity index (χ0) is 9.94. The van der Waals surface area contributed by atoms with Gasteiger partial charge in [0.1, 0.15) is 0 Å². The van der Waals surface area contributed by atoms with E-state index in [4.69, 9.17) is 9.84 Å². The highest BCUT2D eigenvalue weighted by atomic mass is 16.5. The summed E-state index contributed by atoms with van der Waals surface area (Å²) in [5.74, 6) is -0.144. The highest BCUT2D eigenvalue weighted by molar-refractivity contribution is 5.69. The number of hydrogen-bond acceptors (Lipinski definition) is 3. The standard InChI is InChI=1S/C10H18O3/c1-2-13-10(12)8-6-4-3-5-7-9-11/h3-4,11H,2,5-9H2,1H3/b4-3-. The number of aliphatic hydroxyl groups excluding tert-OH is 1. The molecule has 0 atom stereocenters. The minimum atomic E-state index is -0.144. The summed E-state index contributed by atoms with van der Waals surface area (Å²) in [4.78, 5) is 10.8. The van der Waals surface area contributed by atoms with Gasteiger partial charge in [-0.25, -0.2) is 0 Å². The maximum atomic E-state index is 10.8. The van der Waals surface area contributed by atoms with Crippen molar-refractivity contribution in [2.75, 3.05) is 13.2 Å². The van der Waals surface area contributed by atoms with E-state index < -0.39 is 0 Å². The first-order valence-electron chi connectivity index (χ1n) is 4.72. The van der Waals surface area contributed by atoms with Crippen LogP contribution in [0.25, 0.3) is 0 Å². The number of aliphatic hydroxyl groups is 1. The van der Waals surface area contributed by atoms with Gasteiger partial charge in [-0.05, 0) is 26.2 Å². The van der Waals surface area contributed by atoms with Gasteiger partial charge in [0.05, 0.1) is 6.61 Å². The van der Waals surface area contributed by atoms with Crippen LogP contribution in [0.2, 0.25) is 0 Å². The summed E-state index contributed by atoms with van der Waals surface area (Å²) in [6, 6.07) is 0. The Morgan fingerprint density at radius 1 is 1.38 bits per heavy atom. The van der Waals surface area contributed by atoms with Crippen molar-refractivity contribution in [1.82, 2.24) is 0 Å². The lowest BCUT2D eigenvalue weighted by Crippen LogP contribution is -2.02. The fourth-order valence-corrected chi connectivity index (χ4v) is 0.879. The molecule has 0 bridgehead atoms. The Kier molecular flexibility index (Phi) is 8.67. The minimum Gasteiger partial charge on any atom is -0.466 e. The molecule has 1 N–H and O–H groups in total. The fraction of sp³-hybridized carbons (Fsp3) is 0.700. The van der Waals surface area contributed by atoms with Crippen LogP contribution in [-0.2, 0) is 9.53 Å². The second-order valence-corrected chi connectivity index (χ2v) is 2.68. The molecule has 0 aliphatic heterocycles. The van der Waals surface area contributed by atoms with E-state index in [-0.39, 0.29) is 12.6 Å². The molecule has 76 valence electrons. The Balaban J connectivity index is 3.23. The van der Waals surface area contributed by atoms with Gasteiger partial charge in [-0.3, -0.25) is 4.79 Å². The summed E-state index contributed by atoms with van der Waals surface area (Å²) in [6.07, 6.45) is 6.77. The van der Waals surface area contributed by atoms with Crippen LogP contribution >= 0.6 is 0 Å². The smallest absolute Gasteiger partial charge is 0.306 e. The first-order chi connectivity index (χ1) is 6.31. The minimum absolute atomic E-state index is 0.144. The van der Waals surface area contributed by atoms with Crippen LogP contribution in [0.5, 0.6) is 0 Å². The third-order valence-electron chi connectivity index (χ3n) is 1.52. The first kappa shape index (κ1) is 12.2. The Labute approximate surface area is 79.4 Å². The normalized spacial score (nSPS) is 10.6. The summed E-state index contributed by atoms with van der Waals surface area (Å²) in [5.41, 5.74) is 0. The van der Waals surface area contributed by atoms with Crippen molar-refractivity contribution in [1.29, 1.82) is 0 Å². The summed E-state index contributed by atoms with van der Waals surface area (Å²) >= 11 is 0. The van der Waals surface area contributed by atoms with Gasteiger partial charge in [-0.1, -0.05) is 12.2 Å². The van der Waals surface area contributed by atoms with Crippen LogP contribution in [-0.4, -0.2) is 24.3 Å². The van der Waals surface area contributed by atoms with E-state index in [2.05, 4.69) is 0 Å². The van der Waals surface area contributed by atoms with Crippen LogP contribution in [0.3, 0.4) is 0 Å². The van der Waals surface area contributed by atoms with Crippen molar-refractivity contribution in [3.8, 4) is 0 Å². The summed E-state index contributed by atoms with van der Waals surface area (Å²) in [6.45, 7) is 2.48. The predicted molar refractivity (Wildman–Crippen MR) is 51.3 cm³/mol. The van der Waals surface area contributed by atoms with Gasteiger partial charge in [0.2, 0.25) is 0 Å². The number of unbranched alkanes of at least 4 members (excludes halogenated alkanes) is 1. The molecule has 3 heteroatoms. The number of allylic oxidation sites excluding steroid dienone is 2. The van der Waals surface area contributed by atoms with E-state index in [1.165, 1.54) is 0 Å². The van der Waals surface area contributed by atoms with Crippen molar-refractivity contribution in [2.24, 2.45) is 0 Å². The molecule has 0 aliphatic carbocycles. The molecule has 0 amide bonds. The van der Waals surface area contributed by atoms with E-state index in [0.29, 0.717) is 13.0 Å². The molecule has 13 heavy (non-hydrogen) atoms. The number of carbonyl (C=O) groups excluding carboxylic acids is 1. The van der Waals surface area contributed by atoms with Crippen molar-refractivity contribution < 1.29 is 14.6 Å². The molecule has 0 rings (SSSR count). The van der Waals surface area contributed by atoms with Crippen LogP contribution in [0.1, 0.15) is 32.6 Å². The third kappa shape index (κ3) is 9.08. The number of carbonyl (C=O) groups is 1. The number of rotatable bonds is 7. The van der Waals surface area contributed by atoms with Crippen molar-refractivity contribution >= 4 is 5.97 Å². The lowest BCUT2D eigenvalue weighted by molar-refractivity contribution is -0.142. The van der Waals surface area contributed by atoms with E-state index in [9.17, 15) is 4.79 Å². The molecule has 0 aromatic heterocycles. The maximum absolute atomic E-state index is 10.8. The van der Waals surface area contributed by atoms with Crippen LogP contribution in [0, 0.1) is 0 Å². The summed E-state index contributed by atoms with van der Waals surface area (Å²) in [7, 11) is 0. The largest absolute Gasteiger partial charge is 0.466 e. The SMILES string of the molecule is CCOC(=O)CC/C=C\CCCO. The van der Waals surface area contributed by atoms with Crippen molar-refractivity contribution in [3.63, 3.8) is 0 Å². The monoisotopic (exact) mass is 186 g/mol. The zero-order valence-electron chi connectivity index (χ0n) is 8.16. The molecule has 0 saturated heterocycles. The summed E-state index contributed by atoms with van der Waals surface area (Å²) < 4.78 is 4.76. The molecule has 0 heterocycles. The third-order valence-corrected chi connectivity index (χ3v) is 1.52. The maximum Gasteiger partial charge on any atom is 0.306 e. The topological polar surface area (TPSA) is 46.5 Å². The van der Waals surface area contributed by atoms with Crippen LogP contribution in [0.4, 0.5) is 0 Å². The highest BCUT2D eigenvalue weighted by Crippen LogP contribution is 1.96. The molecule has 0 spiro atoms. The van der Waals surface area contributed by atoms with E-state index in [1.54, 1.807) is 6.92 Å². The van der Waals surface area contributed by atoms with Gasteiger partial charge < -0.3 is 9.84 Å². The molecular formula is C10H18O3. The Bertz CT molecular complexity index is 152. The molecular weight excluding hydrogens is 168 g/mol. The molecule has 0 saturated carbocycles. The number of esters is 1. The van der Waals surface area contributed by atoms with Gasteiger partial charge in [0.25, 0.3) is 0 Å². The molecule has 0 fully saturated rings. The first-order valence-corrected chi connectivity index (χ1v) is 4.72. The second-order valence-electron chi connectivity index (χ2n) is 2.68. The average Bonchev–Trinajstić information content (AvgIpc) is 2.11. The van der Waals surface area contributed by atoms with Crippen molar-refractivity contribution in [2.45, 2.75) is 32.6 Å². The summed E-state index contributed by atoms with van der Waals surface area (Å²) in [5, 5.41) is 8.47. The van der Waals surface area contributed by atoms with Gasteiger partial charge >= 0.3 is 5.97 Å². The Morgan fingerprint density at radius 3 is 2.69 bits per heavy atom. The lowest BCUT2D eigenvalue weighted by Gasteiger charge is -1.97. The number of ether oxygens (including phenoxy) is 1. The van der Waals surface area contributed by atoms with Gasteiger partial charge in [0, 0.05) is 13.0 Å². The molecule has 3 nitrogen and oxygen atoms in total. The number of hydrogen-bond donors (Lipinski definition) is 1. The average molecular weight is 186 g/mol. The van der Waals surface area contributed by atoms with E-state index in [0.717, 1.165) is 19.3 Å². The van der Waals surface area contributed by atoms with Crippen LogP contribution < -0.4 is 0 Å². The molecule has 0 unspecified atom stereocenters. The van der Waals surface area contributed by atoms with Gasteiger partial charge in [0.15, 0.2) is 0 Å². The zero-order valence-corrected chi connectivity index (χ0v) is 8.16. The highest BCUT2D eigenvalue weighted by Gasteiger charge is 1.97. The molecule has 0 aliphatic rings. The molecule has 0 aromatic rings. The lowest BCUT2D eigenvalue weighted by atomic mass is 10.2. The van der Waals surface area contributed by atoms with E-state index in [1.807, 2.05) is 12.2 Å². The Morgan fingerprint density at radius 2 is 2.08 bits per heavy atom.